The first-order valence-corrected chi connectivity index (χ1v) is 9.76. The second-order valence-electron chi connectivity index (χ2n) is 7.21. The van der Waals surface area contributed by atoms with Gasteiger partial charge < -0.3 is 15.0 Å². The van der Waals surface area contributed by atoms with Crippen LogP contribution in [0.3, 0.4) is 0 Å². The summed E-state index contributed by atoms with van der Waals surface area (Å²) in [5.41, 5.74) is 0.923. The van der Waals surface area contributed by atoms with Crippen LogP contribution < -0.4 is 5.32 Å². The average Bonchev–Trinajstić information content (AvgIpc) is 2.57. The van der Waals surface area contributed by atoms with E-state index in [0.29, 0.717) is 41.9 Å². The molecule has 0 aliphatic carbocycles. The molecule has 0 radical (unpaired) electrons. The molecule has 0 aromatic heterocycles. The van der Waals surface area contributed by atoms with E-state index in [4.69, 9.17) is 4.74 Å². The number of ether oxygens (including phenoxy) is 1. The van der Waals surface area contributed by atoms with Gasteiger partial charge in [-0.2, -0.15) is 0 Å². The third-order valence-corrected chi connectivity index (χ3v) is 4.77. The van der Waals surface area contributed by atoms with Gasteiger partial charge in [-0.05, 0) is 30.0 Å². The van der Waals surface area contributed by atoms with Gasteiger partial charge in [-0.3, -0.25) is 9.59 Å². The van der Waals surface area contributed by atoms with Crippen LogP contribution in [0.2, 0.25) is 0 Å². The summed E-state index contributed by atoms with van der Waals surface area (Å²) >= 11 is 1.43. The largest absolute Gasteiger partial charge is 0.452 e. The van der Waals surface area contributed by atoms with Crippen molar-refractivity contribution in [3.8, 4) is 0 Å². The number of nitrogens with one attached hydrogen (secondary N) is 1. The van der Waals surface area contributed by atoms with Gasteiger partial charge in [0.15, 0.2) is 6.61 Å². The van der Waals surface area contributed by atoms with E-state index >= 15 is 0 Å². The molecule has 26 heavy (non-hydrogen) atoms. The lowest BCUT2D eigenvalue weighted by Crippen LogP contribution is -2.39. The Morgan fingerprint density at radius 2 is 1.85 bits per heavy atom. The predicted molar refractivity (Wildman–Crippen MR) is 102 cm³/mol. The molecule has 1 aromatic rings. The molecule has 0 fully saturated rings. The van der Waals surface area contributed by atoms with Crippen LogP contribution in [0.25, 0.3) is 0 Å². The van der Waals surface area contributed by atoms with Crippen molar-refractivity contribution in [3.63, 3.8) is 0 Å². The van der Waals surface area contributed by atoms with E-state index in [1.54, 1.807) is 23.1 Å². The first-order valence-electron chi connectivity index (χ1n) is 8.78. The van der Waals surface area contributed by atoms with Crippen LogP contribution in [0.4, 0.5) is 5.69 Å². The van der Waals surface area contributed by atoms with Crippen molar-refractivity contribution in [2.45, 2.75) is 32.6 Å². The van der Waals surface area contributed by atoms with E-state index in [1.165, 1.54) is 11.8 Å². The number of hydrogen-bond donors (Lipinski definition) is 1. The smallest absolute Gasteiger partial charge is 0.338 e. The number of thioether (sulfide) groups is 1. The molecule has 1 N–H and O–H groups in total. The minimum Gasteiger partial charge on any atom is -0.452 e. The highest BCUT2D eigenvalue weighted by Crippen LogP contribution is 2.32. The summed E-state index contributed by atoms with van der Waals surface area (Å²) in [6, 6.07) is 5.02. The molecule has 0 saturated carbocycles. The lowest BCUT2D eigenvalue weighted by molar-refractivity contribution is -0.135. The Balaban J connectivity index is 1.97. The van der Waals surface area contributed by atoms with Gasteiger partial charge in [0.05, 0.1) is 17.0 Å². The first kappa shape index (κ1) is 20.3. The zero-order valence-corrected chi connectivity index (χ0v) is 16.5. The average molecular weight is 378 g/mol. The fourth-order valence-electron chi connectivity index (χ4n) is 2.67. The van der Waals surface area contributed by atoms with Crippen LogP contribution in [0, 0.1) is 11.8 Å². The van der Waals surface area contributed by atoms with Crippen molar-refractivity contribution in [2.75, 3.05) is 30.8 Å². The Bertz CT molecular complexity index is 678. The van der Waals surface area contributed by atoms with E-state index < -0.39 is 5.97 Å². The monoisotopic (exact) mass is 378 g/mol. The maximum absolute atomic E-state index is 12.4. The fourth-order valence-corrected chi connectivity index (χ4v) is 3.46. The number of carbonyl (C=O) groups excluding carboxylic acids is 3. The van der Waals surface area contributed by atoms with Crippen LogP contribution in [0.15, 0.2) is 23.1 Å². The summed E-state index contributed by atoms with van der Waals surface area (Å²) in [7, 11) is 0. The van der Waals surface area contributed by atoms with Crippen molar-refractivity contribution in [2.24, 2.45) is 11.8 Å². The van der Waals surface area contributed by atoms with Gasteiger partial charge >= 0.3 is 5.97 Å². The predicted octanol–water partition coefficient (Wildman–Crippen LogP) is 3.03. The van der Waals surface area contributed by atoms with Gasteiger partial charge in [0.25, 0.3) is 5.91 Å². The molecule has 1 aromatic carbocycles. The van der Waals surface area contributed by atoms with Gasteiger partial charge in [-0.1, -0.05) is 27.7 Å². The summed E-state index contributed by atoms with van der Waals surface area (Å²) < 4.78 is 5.20. The summed E-state index contributed by atoms with van der Waals surface area (Å²) in [5.74, 6) is 0.196. The second-order valence-corrected chi connectivity index (χ2v) is 8.23. The van der Waals surface area contributed by atoms with Crippen molar-refractivity contribution >= 4 is 35.2 Å². The van der Waals surface area contributed by atoms with E-state index in [1.807, 2.05) is 27.7 Å². The lowest BCUT2D eigenvalue weighted by Gasteiger charge is -2.26. The van der Waals surface area contributed by atoms with Gasteiger partial charge in [-0.15, -0.1) is 11.8 Å². The third kappa shape index (κ3) is 5.76. The molecular weight excluding hydrogens is 352 g/mol. The van der Waals surface area contributed by atoms with Crippen LogP contribution >= 0.6 is 11.8 Å². The molecule has 6 nitrogen and oxygen atoms in total. The number of fused-ring (bicyclic) bond motifs is 1. The molecule has 2 rings (SSSR count). The zero-order chi connectivity index (χ0) is 19.3. The highest BCUT2D eigenvalue weighted by Gasteiger charge is 2.20. The number of hydrogen-bond acceptors (Lipinski definition) is 5. The normalized spacial score (nSPS) is 13.4. The number of rotatable bonds is 7. The molecular formula is C19H26N2O4S. The minimum absolute atomic E-state index is 0.0961. The molecule has 0 atom stereocenters. The van der Waals surface area contributed by atoms with Crippen LogP contribution in [0.1, 0.15) is 38.1 Å². The third-order valence-electron chi connectivity index (χ3n) is 3.70. The van der Waals surface area contributed by atoms with Crippen molar-refractivity contribution < 1.29 is 19.1 Å². The summed E-state index contributed by atoms with van der Waals surface area (Å²) in [6.45, 7) is 9.18. The van der Waals surface area contributed by atoms with Crippen molar-refractivity contribution in [3.05, 3.63) is 23.8 Å². The Morgan fingerprint density at radius 1 is 1.19 bits per heavy atom. The van der Waals surface area contributed by atoms with Gasteiger partial charge in [0.1, 0.15) is 0 Å². The molecule has 0 bridgehead atoms. The molecule has 0 unspecified atom stereocenters. The fraction of sp³-hybridized carbons (Fsp3) is 0.526. The number of anilines is 1. The number of esters is 1. The van der Waals surface area contributed by atoms with Crippen LogP contribution in [-0.4, -0.2) is 48.1 Å². The van der Waals surface area contributed by atoms with Gasteiger partial charge in [0.2, 0.25) is 5.91 Å². The molecule has 1 aliphatic rings. The lowest BCUT2D eigenvalue weighted by atomic mass is 10.1. The molecule has 0 spiro atoms. The SMILES string of the molecule is CC(C)CN(CC(C)C)C(=O)COC(=O)c1ccc2c(c1)NC(=O)CS2. The molecule has 1 heterocycles. The standard InChI is InChI=1S/C19H26N2O4S/c1-12(2)8-21(9-13(3)4)18(23)10-25-19(24)14-5-6-16-15(7-14)20-17(22)11-26-16/h5-7,12-13H,8-11H2,1-4H3,(H,20,22). The summed E-state index contributed by atoms with van der Waals surface area (Å²) in [6.07, 6.45) is 0. The maximum Gasteiger partial charge on any atom is 0.338 e. The first-order chi connectivity index (χ1) is 12.3. The Kier molecular flexibility index (Phi) is 7.08. The van der Waals surface area contributed by atoms with Gasteiger partial charge in [-0.25, -0.2) is 4.79 Å². The van der Waals surface area contributed by atoms with Crippen LogP contribution in [0.5, 0.6) is 0 Å². The molecule has 2 amide bonds. The Morgan fingerprint density at radius 3 is 2.46 bits per heavy atom. The van der Waals surface area contributed by atoms with E-state index in [9.17, 15) is 14.4 Å². The topological polar surface area (TPSA) is 75.7 Å². The van der Waals surface area contributed by atoms with Crippen molar-refractivity contribution in [1.29, 1.82) is 0 Å². The molecule has 0 saturated heterocycles. The molecule has 7 heteroatoms. The van der Waals surface area contributed by atoms with E-state index in [0.717, 1.165) is 4.90 Å². The van der Waals surface area contributed by atoms with E-state index in [-0.39, 0.29) is 18.4 Å². The maximum atomic E-state index is 12.4. The van der Waals surface area contributed by atoms with Gasteiger partial charge in [0, 0.05) is 18.0 Å². The minimum atomic E-state index is -0.569. The summed E-state index contributed by atoms with van der Waals surface area (Å²) in [4.78, 5) is 38.8. The molecule has 142 valence electrons. The van der Waals surface area contributed by atoms with Crippen molar-refractivity contribution in [1.82, 2.24) is 4.90 Å². The highest BCUT2D eigenvalue weighted by molar-refractivity contribution is 8.00. The second kappa shape index (κ2) is 9.07. The zero-order valence-electron chi connectivity index (χ0n) is 15.7. The Labute approximate surface area is 158 Å². The number of carbonyl (C=O) groups is 3. The summed E-state index contributed by atoms with van der Waals surface area (Å²) in [5, 5.41) is 2.74. The number of amides is 2. The van der Waals surface area contributed by atoms with E-state index in [2.05, 4.69) is 5.32 Å². The number of nitrogens with zero attached hydrogens (tertiary/aromatic N) is 1. The van der Waals surface area contributed by atoms with Crippen LogP contribution in [-0.2, 0) is 14.3 Å². The quantitative estimate of drug-likeness (QED) is 0.738. The molecule has 1 aliphatic heterocycles. The number of benzene rings is 1. The highest BCUT2D eigenvalue weighted by atomic mass is 32.2. The Hall–Kier alpha value is -2.02.